The highest BCUT2D eigenvalue weighted by atomic mass is 28.4. The molecule has 3 aliphatic rings. The zero-order valence-electron chi connectivity index (χ0n) is 28.2. The normalized spacial score (nSPS) is 24.6. The zero-order chi connectivity index (χ0) is 34.3. The first-order valence-electron chi connectivity index (χ1n) is 17.1. The lowest BCUT2D eigenvalue weighted by molar-refractivity contribution is -0.146. The molecule has 2 saturated heterocycles. The molecule has 1 aromatic heterocycles. The van der Waals surface area contributed by atoms with Gasteiger partial charge in [-0.3, -0.25) is 14.3 Å². The molecule has 1 spiro atoms. The summed E-state index contributed by atoms with van der Waals surface area (Å²) in [6.45, 7) is 8.35. The van der Waals surface area contributed by atoms with Crippen LogP contribution in [0.1, 0.15) is 41.6 Å². The van der Waals surface area contributed by atoms with E-state index in [-0.39, 0.29) is 41.9 Å². The number of nitrogens with zero attached hydrogens (tertiary/aromatic N) is 5. The number of aromatic nitrogens is 3. The Morgan fingerprint density at radius 3 is 2.49 bits per heavy atom. The van der Waals surface area contributed by atoms with Gasteiger partial charge in [-0.05, 0) is 48.8 Å². The molecular formula is C37H44N6O5Si. The molecule has 1 unspecified atom stereocenters. The van der Waals surface area contributed by atoms with Gasteiger partial charge in [0.1, 0.15) is 0 Å². The van der Waals surface area contributed by atoms with Crippen molar-refractivity contribution in [3.05, 3.63) is 107 Å². The van der Waals surface area contributed by atoms with E-state index in [2.05, 4.69) is 15.6 Å². The van der Waals surface area contributed by atoms with E-state index >= 15 is 0 Å². The summed E-state index contributed by atoms with van der Waals surface area (Å²) < 4.78 is 8.74. The van der Waals surface area contributed by atoms with E-state index in [4.69, 9.17) is 4.74 Å². The number of rotatable bonds is 10. The Kier molecular flexibility index (Phi) is 9.01. The molecule has 3 N–H and O–H groups in total. The number of aliphatic hydroxyl groups excluding tert-OH is 1. The first-order valence-corrected chi connectivity index (χ1v) is 20.1. The second-order valence-electron chi connectivity index (χ2n) is 14.0. The summed E-state index contributed by atoms with van der Waals surface area (Å²) in [7, 11) is -2.83. The number of hydrogen-bond donors (Lipinski definition) is 3. The minimum atomic E-state index is -2.83. The Balaban J connectivity index is 1.13. The average molecular weight is 681 g/mol. The van der Waals surface area contributed by atoms with Crippen molar-refractivity contribution in [2.45, 2.75) is 62.7 Å². The molecule has 49 heavy (non-hydrogen) atoms. The fraction of sp³-hybridized carbons (Fsp3) is 0.405. The van der Waals surface area contributed by atoms with Crippen molar-refractivity contribution in [2.75, 3.05) is 36.0 Å². The third kappa shape index (κ3) is 6.01. The number of hydrogen-bond acceptors (Lipinski definition) is 8. The summed E-state index contributed by atoms with van der Waals surface area (Å²) >= 11 is 0. The summed E-state index contributed by atoms with van der Waals surface area (Å²) in [5, 5.41) is 22.0. The number of benzene rings is 3. The smallest absolute Gasteiger partial charge is 0.264 e. The van der Waals surface area contributed by atoms with Crippen LogP contribution < -0.4 is 15.1 Å². The fourth-order valence-electron chi connectivity index (χ4n) is 8.20. The predicted molar refractivity (Wildman–Crippen MR) is 188 cm³/mol. The summed E-state index contributed by atoms with van der Waals surface area (Å²) in [5.41, 5.74) is 3.65. The van der Waals surface area contributed by atoms with E-state index < -0.39 is 13.9 Å². The Labute approximate surface area is 287 Å². The van der Waals surface area contributed by atoms with Crippen molar-refractivity contribution in [1.29, 1.82) is 0 Å². The summed E-state index contributed by atoms with van der Waals surface area (Å²) in [5.74, 6) is -0.629. The molecule has 2 amide bonds. The van der Waals surface area contributed by atoms with Crippen molar-refractivity contribution in [1.82, 2.24) is 20.3 Å². The number of amides is 2. The minimum Gasteiger partial charge on any atom is -0.432 e. The topological polar surface area (TPSA) is 133 Å². The Morgan fingerprint density at radius 2 is 1.78 bits per heavy atom. The number of fused-ring (bicyclic) bond motifs is 2. The van der Waals surface area contributed by atoms with E-state index in [1.807, 2.05) is 110 Å². The lowest BCUT2D eigenvalue weighted by atomic mass is 9.82. The maximum absolute atomic E-state index is 14.7. The van der Waals surface area contributed by atoms with Crippen molar-refractivity contribution in [2.24, 2.45) is 5.92 Å². The van der Waals surface area contributed by atoms with Crippen LogP contribution in [0.5, 0.6) is 0 Å². The maximum atomic E-state index is 14.7. The quantitative estimate of drug-likeness (QED) is 0.216. The van der Waals surface area contributed by atoms with Crippen LogP contribution in [0.4, 0.5) is 11.4 Å². The van der Waals surface area contributed by atoms with Crippen molar-refractivity contribution in [3.63, 3.8) is 0 Å². The average Bonchev–Trinajstić information content (AvgIpc) is 3.76. The lowest BCUT2D eigenvalue weighted by Crippen LogP contribution is -2.48. The molecule has 4 aromatic rings. The van der Waals surface area contributed by atoms with Gasteiger partial charge in [0.2, 0.25) is 5.91 Å². The van der Waals surface area contributed by atoms with E-state index in [0.717, 1.165) is 34.6 Å². The minimum absolute atomic E-state index is 0.0437. The van der Waals surface area contributed by atoms with Gasteiger partial charge in [0.05, 0.1) is 43.1 Å². The second kappa shape index (κ2) is 13.3. The second-order valence-corrected chi connectivity index (χ2v) is 18.0. The van der Waals surface area contributed by atoms with Gasteiger partial charge >= 0.3 is 0 Å². The third-order valence-corrected chi connectivity index (χ3v) is 13.0. The van der Waals surface area contributed by atoms with Crippen LogP contribution in [0.15, 0.2) is 85.1 Å². The molecule has 11 nitrogen and oxygen atoms in total. The standard InChI is InChI=1S/C37H44N6O5Si/c1-25-35(49(2,3)47)33(17-19-41-23-31(39-40-41)29(24-44)27-9-5-4-6-10-27)48-37(25)30-11-7-8-12-32(30)43(36(37)46)22-26-13-15-28(16-14-26)42-20-18-38-21-34(42)45/h4-16,23,25,29,33,35,38,44,47H,17-22,24H2,1-3H3/t25-,29?,33+,35-,37+/m0/s1. The number of ether oxygens (including phenoxy) is 1. The van der Waals surface area contributed by atoms with Crippen LogP contribution in [0.3, 0.4) is 0 Å². The van der Waals surface area contributed by atoms with Gasteiger partial charge in [-0.1, -0.05) is 72.8 Å². The molecule has 7 rings (SSSR count). The number of carbonyl (C=O) groups is 2. The van der Waals surface area contributed by atoms with Gasteiger partial charge < -0.3 is 29.8 Å². The lowest BCUT2D eigenvalue weighted by Gasteiger charge is -2.32. The van der Waals surface area contributed by atoms with Gasteiger partial charge in [0, 0.05) is 48.5 Å². The highest BCUT2D eigenvalue weighted by molar-refractivity contribution is 6.71. The van der Waals surface area contributed by atoms with Crippen molar-refractivity contribution in [3.8, 4) is 0 Å². The Bertz CT molecular complexity index is 1810. The number of nitrogens with one attached hydrogen (secondary N) is 1. The van der Waals surface area contributed by atoms with Crippen molar-refractivity contribution < 1.29 is 24.2 Å². The molecular weight excluding hydrogens is 637 g/mol. The van der Waals surface area contributed by atoms with Crippen LogP contribution in [-0.2, 0) is 33.0 Å². The predicted octanol–water partition coefficient (Wildman–Crippen LogP) is 3.77. The number of piperazine rings is 1. The summed E-state index contributed by atoms with van der Waals surface area (Å²) in [6.07, 6.45) is 2.01. The highest BCUT2D eigenvalue weighted by Gasteiger charge is 2.66. The number of carbonyl (C=O) groups excluding carboxylic acids is 2. The van der Waals surface area contributed by atoms with Crippen LogP contribution in [0, 0.1) is 5.92 Å². The van der Waals surface area contributed by atoms with Crippen LogP contribution in [0.2, 0.25) is 18.6 Å². The number of anilines is 2. The van der Waals surface area contributed by atoms with Crippen LogP contribution >= 0.6 is 0 Å². The molecule has 0 radical (unpaired) electrons. The van der Waals surface area contributed by atoms with Gasteiger partial charge in [0.25, 0.3) is 5.91 Å². The largest absolute Gasteiger partial charge is 0.432 e. The fourth-order valence-corrected chi connectivity index (χ4v) is 10.8. The van der Waals surface area contributed by atoms with Gasteiger partial charge in [-0.15, -0.1) is 5.10 Å². The van der Waals surface area contributed by atoms with Gasteiger partial charge in [0.15, 0.2) is 13.9 Å². The van der Waals surface area contributed by atoms with E-state index in [9.17, 15) is 19.5 Å². The van der Waals surface area contributed by atoms with Gasteiger partial charge in [-0.25, -0.2) is 0 Å². The summed E-state index contributed by atoms with van der Waals surface area (Å²) in [6, 6.07) is 25.4. The molecule has 256 valence electrons. The first-order chi connectivity index (χ1) is 23.6. The molecule has 2 fully saturated rings. The van der Waals surface area contributed by atoms with Crippen LogP contribution in [0.25, 0.3) is 0 Å². The third-order valence-electron chi connectivity index (χ3n) is 10.5. The van der Waals surface area contributed by atoms with Gasteiger partial charge in [-0.2, -0.15) is 0 Å². The molecule has 0 saturated carbocycles. The Hall–Kier alpha value is -4.20. The molecule has 12 heteroatoms. The van der Waals surface area contributed by atoms with E-state index in [0.29, 0.717) is 38.3 Å². The van der Waals surface area contributed by atoms with Crippen molar-refractivity contribution >= 4 is 31.5 Å². The Morgan fingerprint density at radius 1 is 1.04 bits per heavy atom. The number of para-hydroxylation sites is 1. The molecule has 3 aliphatic heterocycles. The zero-order valence-corrected chi connectivity index (χ0v) is 29.2. The summed E-state index contributed by atoms with van der Waals surface area (Å²) in [4.78, 5) is 42.4. The van der Waals surface area contributed by atoms with Crippen LogP contribution in [-0.4, -0.2) is 77.4 Å². The first kappa shape index (κ1) is 33.3. The van der Waals surface area contributed by atoms with E-state index in [1.165, 1.54) is 0 Å². The molecule has 3 aromatic carbocycles. The monoisotopic (exact) mass is 680 g/mol. The molecule has 0 aliphatic carbocycles. The highest BCUT2D eigenvalue weighted by Crippen LogP contribution is 2.59. The van der Waals surface area contributed by atoms with E-state index in [1.54, 1.807) is 9.58 Å². The SMILES string of the molecule is C[C@H]1[C@H]([Si](C)(C)O)[C@@H](CCn2cc(C(CO)c3ccccc3)nn2)O[C@]12C(=O)N(Cc1ccc(N3CCNCC3=O)cc1)c1ccccc12. The number of aryl methyl sites for hydroxylation is 1. The maximum Gasteiger partial charge on any atom is 0.264 e. The number of aliphatic hydroxyl groups is 1. The molecule has 5 atom stereocenters. The molecule has 4 heterocycles. The molecule has 0 bridgehead atoms.